The number of aliphatic carboxylic acids is 1. The van der Waals surface area contributed by atoms with Crippen LogP contribution in [0.4, 0.5) is 11.4 Å². The zero-order valence-electron chi connectivity index (χ0n) is 43.5. The third-order valence-corrected chi connectivity index (χ3v) is 14.1. The number of carboxylic acid groups (broad SMARTS) is 1. The SMILES string of the molecule is CCN1/C(=C/C=C/C2=[N+](CCCCCC(=O)NC(COC(=O)CCOCCC(=O)[O-])COC(c3ccccc3)(c3ccc(OC)cc3)c3ccc(OC)cc3)c3ccccc3C2(C)C)C(C)(C)c2ccccc21. The van der Waals surface area contributed by atoms with E-state index in [1.807, 2.05) is 78.9 Å². The number of para-hydroxylation sites is 2. The first kappa shape index (κ1) is 53.8. The van der Waals surface area contributed by atoms with Crippen molar-refractivity contribution >= 4 is 34.9 Å². The molecule has 73 heavy (non-hydrogen) atoms. The number of likely N-dealkylation sites (N-methyl/N-ethyl adjacent to an activating group) is 1. The lowest BCUT2D eigenvalue weighted by atomic mass is 9.80. The van der Waals surface area contributed by atoms with E-state index in [0.29, 0.717) is 17.9 Å². The minimum absolute atomic E-state index is 0.0228. The normalized spacial score (nSPS) is 15.5. The van der Waals surface area contributed by atoms with Crippen molar-refractivity contribution in [1.29, 1.82) is 0 Å². The molecule has 0 saturated heterocycles. The smallest absolute Gasteiger partial charge is 0.308 e. The molecule has 12 heteroatoms. The maximum atomic E-state index is 13.9. The van der Waals surface area contributed by atoms with Gasteiger partial charge in [-0.15, -0.1) is 0 Å². The number of nitrogens with zero attached hydrogens (tertiary/aromatic N) is 2. The summed E-state index contributed by atoms with van der Waals surface area (Å²) >= 11 is 0. The molecule has 0 radical (unpaired) electrons. The maximum Gasteiger partial charge on any atom is 0.308 e. The zero-order valence-corrected chi connectivity index (χ0v) is 43.5. The minimum atomic E-state index is -1.23. The summed E-state index contributed by atoms with van der Waals surface area (Å²) in [5.74, 6) is -0.626. The van der Waals surface area contributed by atoms with Gasteiger partial charge < -0.3 is 43.8 Å². The number of benzene rings is 5. The first-order valence-electron chi connectivity index (χ1n) is 25.5. The molecule has 1 atom stereocenters. The lowest BCUT2D eigenvalue weighted by Gasteiger charge is -2.37. The molecule has 384 valence electrons. The number of hydrogen-bond donors (Lipinski definition) is 1. The van der Waals surface area contributed by atoms with Gasteiger partial charge in [-0.05, 0) is 92.3 Å². The number of anilines is 1. The van der Waals surface area contributed by atoms with E-state index in [0.717, 1.165) is 42.6 Å². The number of amides is 1. The molecule has 7 rings (SSSR count). The molecule has 0 bridgehead atoms. The average molecular weight is 990 g/mol. The molecule has 0 fully saturated rings. The molecular weight excluding hydrogens is 919 g/mol. The van der Waals surface area contributed by atoms with Gasteiger partial charge in [0.2, 0.25) is 11.6 Å². The van der Waals surface area contributed by atoms with Crippen LogP contribution in [0, 0.1) is 0 Å². The molecule has 0 saturated carbocycles. The summed E-state index contributed by atoms with van der Waals surface area (Å²) in [6.07, 6.45) is 8.98. The summed E-state index contributed by atoms with van der Waals surface area (Å²) in [7, 11) is 3.23. The molecule has 0 spiro atoms. The Bertz CT molecular complexity index is 2710. The van der Waals surface area contributed by atoms with Crippen molar-refractivity contribution in [2.75, 3.05) is 58.6 Å². The van der Waals surface area contributed by atoms with E-state index in [1.54, 1.807) is 14.2 Å². The molecule has 5 aromatic carbocycles. The summed E-state index contributed by atoms with van der Waals surface area (Å²) in [6.45, 7) is 12.8. The minimum Gasteiger partial charge on any atom is -0.550 e. The number of esters is 1. The number of carbonyl (C=O) groups excluding carboxylic acids is 3. The number of fused-ring (bicyclic) bond motifs is 2. The number of ether oxygens (including phenoxy) is 5. The molecule has 1 unspecified atom stereocenters. The molecule has 12 nitrogen and oxygen atoms in total. The lowest BCUT2D eigenvalue weighted by Crippen LogP contribution is -2.45. The van der Waals surface area contributed by atoms with Crippen LogP contribution in [0.3, 0.4) is 0 Å². The molecular formula is C61H71N3O9. The molecule has 0 aromatic heterocycles. The summed E-state index contributed by atoms with van der Waals surface area (Å²) < 4.78 is 31.6. The fourth-order valence-corrected chi connectivity index (χ4v) is 10.2. The van der Waals surface area contributed by atoms with Crippen LogP contribution in [-0.4, -0.2) is 87.9 Å². The summed E-state index contributed by atoms with van der Waals surface area (Å²) in [5, 5.41) is 14.0. The van der Waals surface area contributed by atoms with Crippen LogP contribution in [0.1, 0.15) is 101 Å². The van der Waals surface area contributed by atoms with Gasteiger partial charge in [-0.1, -0.05) is 111 Å². The average Bonchev–Trinajstić information content (AvgIpc) is 3.75. The van der Waals surface area contributed by atoms with Crippen molar-refractivity contribution in [1.82, 2.24) is 5.32 Å². The molecule has 2 aliphatic heterocycles. The Hall–Kier alpha value is -7.02. The summed E-state index contributed by atoms with van der Waals surface area (Å²) in [5.41, 5.74) is 8.55. The standard InChI is InChI=1S/C61H71N3O9/c1-8-63-52-24-16-14-22-50(52)59(2,3)54(63)26-19-27-55-60(4,5)51-23-15-17-25-53(51)64(55)39-18-10-13-28-56(65)62-47(42-72-58(68)38-41-71-40-37-57(66)67)43-73-61(44-20-11-9-12-21-44,45-29-33-48(69-6)34-30-45)46-31-35-49(70-7)36-32-46/h9,11-12,14-17,19-27,29-36,47H,8,10,13,18,28,37-43H2,1-7H3,(H-,62,65,66,67). The van der Waals surface area contributed by atoms with Crippen LogP contribution >= 0.6 is 0 Å². The number of rotatable bonds is 26. The first-order valence-corrected chi connectivity index (χ1v) is 25.5. The van der Waals surface area contributed by atoms with E-state index in [1.165, 1.54) is 33.9 Å². The number of unbranched alkanes of at least 4 members (excludes halogenated alkanes) is 2. The van der Waals surface area contributed by atoms with Crippen molar-refractivity contribution in [3.05, 3.63) is 179 Å². The molecule has 2 heterocycles. The number of hydrogen-bond acceptors (Lipinski definition) is 10. The van der Waals surface area contributed by atoms with Crippen LogP contribution < -0.4 is 24.8 Å². The highest BCUT2D eigenvalue weighted by Crippen LogP contribution is 2.48. The fraction of sp³-hybridized carbons (Fsp3) is 0.377. The van der Waals surface area contributed by atoms with E-state index < -0.39 is 23.6 Å². The second-order valence-corrected chi connectivity index (χ2v) is 19.5. The first-order chi connectivity index (χ1) is 35.2. The van der Waals surface area contributed by atoms with Gasteiger partial charge in [0.05, 0.1) is 51.9 Å². The van der Waals surface area contributed by atoms with E-state index >= 15 is 0 Å². The largest absolute Gasteiger partial charge is 0.550 e. The highest BCUT2D eigenvalue weighted by Gasteiger charge is 2.44. The number of carbonyl (C=O) groups is 3. The van der Waals surface area contributed by atoms with Crippen LogP contribution in [0.2, 0.25) is 0 Å². The predicted octanol–water partition coefficient (Wildman–Crippen LogP) is 9.48. The van der Waals surface area contributed by atoms with Crippen molar-refractivity contribution in [2.45, 2.75) is 95.6 Å². The van der Waals surface area contributed by atoms with Gasteiger partial charge >= 0.3 is 5.97 Å². The van der Waals surface area contributed by atoms with Gasteiger partial charge in [0.25, 0.3) is 0 Å². The van der Waals surface area contributed by atoms with Gasteiger partial charge in [0, 0.05) is 66.3 Å². The van der Waals surface area contributed by atoms with Gasteiger partial charge in [-0.25, -0.2) is 0 Å². The van der Waals surface area contributed by atoms with Crippen LogP contribution in [0.15, 0.2) is 151 Å². The van der Waals surface area contributed by atoms with Crippen molar-refractivity contribution in [2.24, 2.45) is 0 Å². The van der Waals surface area contributed by atoms with E-state index in [-0.39, 0.29) is 62.4 Å². The second-order valence-electron chi connectivity index (χ2n) is 19.5. The van der Waals surface area contributed by atoms with Crippen LogP contribution in [-0.2, 0) is 45.0 Å². The van der Waals surface area contributed by atoms with Crippen LogP contribution in [0.5, 0.6) is 11.5 Å². The number of allylic oxidation sites excluding steroid dienone is 4. The van der Waals surface area contributed by atoms with Crippen molar-refractivity contribution in [3.63, 3.8) is 0 Å². The Morgan fingerprint density at radius 1 is 0.699 bits per heavy atom. The predicted molar refractivity (Wildman–Crippen MR) is 284 cm³/mol. The van der Waals surface area contributed by atoms with Gasteiger partial charge in [0.1, 0.15) is 30.3 Å². The molecule has 2 aliphatic rings. The highest BCUT2D eigenvalue weighted by molar-refractivity contribution is 6.03. The molecule has 5 aromatic rings. The summed E-state index contributed by atoms with van der Waals surface area (Å²) in [4.78, 5) is 40.2. The second kappa shape index (κ2) is 24.6. The van der Waals surface area contributed by atoms with Crippen molar-refractivity contribution < 1.29 is 47.7 Å². The third-order valence-electron chi connectivity index (χ3n) is 14.1. The molecule has 1 amide bonds. The quantitative estimate of drug-likeness (QED) is 0.0247. The fourth-order valence-electron chi connectivity index (χ4n) is 10.2. The third kappa shape index (κ3) is 12.4. The van der Waals surface area contributed by atoms with Gasteiger partial charge in [-0.2, -0.15) is 4.58 Å². The Labute approximate surface area is 431 Å². The van der Waals surface area contributed by atoms with E-state index in [2.05, 4.69) is 116 Å². The van der Waals surface area contributed by atoms with E-state index in [4.69, 9.17) is 23.7 Å². The lowest BCUT2D eigenvalue weighted by molar-refractivity contribution is -0.438. The summed E-state index contributed by atoms with van der Waals surface area (Å²) in [6, 6.07) is 41.7. The molecule has 1 N–H and O–H groups in total. The molecule has 0 aliphatic carbocycles. The Balaban J connectivity index is 1.07. The number of carboxylic acids is 1. The topological polar surface area (TPSA) is 139 Å². The maximum absolute atomic E-state index is 13.9. The number of methoxy groups -OCH3 is 2. The highest BCUT2D eigenvalue weighted by atomic mass is 16.5. The van der Waals surface area contributed by atoms with Crippen LogP contribution in [0.25, 0.3) is 0 Å². The van der Waals surface area contributed by atoms with Gasteiger partial charge in [0.15, 0.2) is 5.71 Å². The van der Waals surface area contributed by atoms with Gasteiger partial charge in [-0.3, -0.25) is 9.59 Å². The Morgan fingerprint density at radius 2 is 1.30 bits per heavy atom. The Morgan fingerprint density at radius 3 is 1.95 bits per heavy atom. The monoisotopic (exact) mass is 990 g/mol. The van der Waals surface area contributed by atoms with E-state index in [9.17, 15) is 19.5 Å². The number of nitrogens with one attached hydrogen (secondary N) is 1. The zero-order chi connectivity index (χ0) is 52.0. The van der Waals surface area contributed by atoms with Crippen molar-refractivity contribution in [3.8, 4) is 11.5 Å². The Kier molecular flexibility index (Phi) is 18.1.